The molecule has 3 heterocycles. The van der Waals surface area contributed by atoms with E-state index in [-0.39, 0.29) is 0 Å². The Balaban J connectivity index is 1.70. The van der Waals surface area contributed by atoms with Crippen molar-refractivity contribution >= 4 is 17.4 Å². The third-order valence-electron chi connectivity index (χ3n) is 4.08. The molecule has 0 spiro atoms. The standard InChI is InChI=1S/C14H20N2S/c1-17-13-4-2-3-12(9-13)15-14-10-16-7-5-11(14)6-8-16/h2-4,9,11,14-15H,5-8,10H2,1H3/t14-/m0/s1. The van der Waals surface area contributed by atoms with Gasteiger partial charge in [0.2, 0.25) is 0 Å². The van der Waals surface area contributed by atoms with E-state index in [4.69, 9.17) is 0 Å². The molecule has 1 aromatic rings. The summed E-state index contributed by atoms with van der Waals surface area (Å²) in [7, 11) is 0. The lowest BCUT2D eigenvalue weighted by atomic mass is 9.84. The van der Waals surface area contributed by atoms with Crippen molar-refractivity contribution in [2.24, 2.45) is 5.92 Å². The van der Waals surface area contributed by atoms with E-state index in [0.717, 1.165) is 5.92 Å². The molecule has 0 aromatic heterocycles. The molecule has 1 aromatic carbocycles. The second kappa shape index (κ2) is 4.91. The molecule has 0 unspecified atom stereocenters. The van der Waals surface area contributed by atoms with Gasteiger partial charge in [-0.25, -0.2) is 0 Å². The van der Waals surface area contributed by atoms with Crippen molar-refractivity contribution in [2.75, 3.05) is 31.2 Å². The first-order valence-electron chi connectivity index (χ1n) is 6.48. The van der Waals surface area contributed by atoms with Gasteiger partial charge in [0.1, 0.15) is 0 Å². The summed E-state index contributed by atoms with van der Waals surface area (Å²) < 4.78 is 0. The molecular formula is C14H20N2S. The van der Waals surface area contributed by atoms with Crippen molar-refractivity contribution in [2.45, 2.75) is 23.8 Å². The van der Waals surface area contributed by atoms with E-state index in [1.807, 2.05) is 11.8 Å². The zero-order chi connectivity index (χ0) is 11.7. The van der Waals surface area contributed by atoms with Crippen molar-refractivity contribution in [3.63, 3.8) is 0 Å². The number of thioether (sulfide) groups is 1. The number of hydrogen-bond acceptors (Lipinski definition) is 3. The number of hydrogen-bond donors (Lipinski definition) is 1. The molecule has 3 saturated heterocycles. The molecule has 0 saturated carbocycles. The maximum absolute atomic E-state index is 3.73. The first-order chi connectivity index (χ1) is 8.35. The van der Waals surface area contributed by atoms with Gasteiger partial charge in [0.05, 0.1) is 0 Å². The van der Waals surface area contributed by atoms with Gasteiger partial charge in [0.15, 0.2) is 0 Å². The first-order valence-corrected chi connectivity index (χ1v) is 7.70. The summed E-state index contributed by atoms with van der Waals surface area (Å²) in [5.74, 6) is 0.887. The second-order valence-corrected chi connectivity index (χ2v) is 6.00. The van der Waals surface area contributed by atoms with Crippen molar-refractivity contribution in [1.82, 2.24) is 4.90 Å². The first kappa shape index (κ1) is 11.4. The van der Waals surface area contributed by atoms with Crippen LogP contribution in [0.2, 0.25) is 0 Å². The van der Waals surface area contributed by atoms with E-state index in [2.05, 4.69) is 40.7 Å². The number of piperidine rings is 3. The highest BCUT2D eigenvalue weighted by molar-refractivity contribution is 7.98. The molecule has 2 bridgehead atoms. The lowest BCUT2D eigenvalue weighted by molar-refractivity contribution is 0.0975. The molecule has 1 N–H and O–H groups in total. The monoisotopic (exact) mass is 248 g/mol. The van der Waals surface area contributed by atoms with E-state index in [1.54, 1.807) is 0 Å². The third kappa shape index (κ3) is 2.45. The van der Waals surface area contributed by atoms with Gasteiger partial charge in [0, 0.05) is 23.2 Å². The molecule has 92 valence electrons. The van der Waals surface area contributed by atoms with Gasteiger partial charge in [-0.3, -0.25) is 0 Å². The second-order valence-electron chi connectivity index (χ2n) is 5.12. The van der Waals surface area contributed by atoms with E-state index in [0.29, 0.717) is 6.04 Å². The van der Waals surface area contributed by atoms with E-state index < -0.39 is 0 Å². The molecule has 0 amide bonds. The molecule has 4 rings (SSSR count). The van der Waals surface area contributed by atoms with E-state index in [1.165, 1.54) is 43.1 Å². The highest BCUT2D eigenvalue weighted by Crippen LogP contribution is 2.30. The smallest absolute Gasteiger partial charge is 0.0417 e. The van der Waals surface area contributed by atoms with Gasteiger partial charge in [0.25, 0.3) is 0 Å². The normalized spacial score (nSPS) is 31.5. The van der Waals surface area contributed by atoms with Gasteiger partial charge in [-0.05, 0) is 56.3 Å². The van der Waals surface area contributed by atoms with Crippen LogP contribution in [0.3, 0.4) is 0 Å². The summed E-state index contributed by atoms with van der Waals surface area (Å²) >= 11 is 1.81. The Morgan fingerprint density at radius 3 is 2.76 bits per heavy atom. The number of nitrogens with one attached hydrogen (secondary N) is 1. The van der Waals surface area contributed by atoms with Crippen molar-refractivity contribution in [3.05, 3.63) is 24.3 Å². The van der Waals surface area contributed by atoms with Gasteiger partial charge in [-0.2, -0.15) is 0 Å². The highest BCUT2D eigenvalue weighted by Gasteiger charge is 2.33. The fourth-order valence-corrected chi connectivity index (χ4v) is 3.52. The molecule has 3 aliphatic rings. The molecule has 3 fully saturated rings. The van der Waals surface area contributed by atoms with Crippen LogP contribution < -0.4 is 5.32 Å². The van der Waals surface area contributed by atoms with Gasteiger partial charge in [-0.1, -0.05) is 6.07 Å². The van der Waals surface area contributed by atoms with Gasteiger partial charge < -0.3 is 10.2 Å². The minimum Gasteiger partial charge on any atom is -0.381 e. The van der Waals surface area contributed by atoms with Gasteiger partial charge >= 0.3 is 0 Å². The zero-order valence-corrected chi connectivity index (χ0v) is 11.2. The summed E-state index contributed by atoms with van der Waals surface area (Å²) in [5.41, 5.74) is 1.29. The summed E-state index contributed by atoms with van der Waals surface area (Å²) in [4.78, 5) is 3.94. The largest absolute Gasteiger partial charge is 0.381 e. The van der Waals surface area contributed by atoms with Crippen molar-refractivity contribution in [3.8, 4) is 0 Å². The summed E-state index contributed by atoms with van der Waals surface area (Å²) in [5, 5.41) is 3.73. The average molecular weight is 248 g/mol. The topological polar surface area (TPSA) is 15.3 Å². The molecule has 17 heavy (non-hydrogen) atoms. The zero-order valence-electron chi connectivity index (χ0n) is 10.4. The van der Waals surface area contributed by atoms with E-state index in [9.17, 15) is 0 Å². The van der Waals surface area contributed by atoms with Crippen LogP contribution in [0.1, 0.15) is 12.8 Å². The summed E-state index contributed by atoms with van der Waals surface area (Å²) in [6.45, 7) is 3.86. The Hall–Kier alpha value is -0.670. The summed E-state index contributed by atoms with van der Waals surface area (Å²) in [6.07, 6.45) is 4.88. The number of benzene rings is 1. The van der Waals surface area contributed by atoms with Crippen LogP contribution in [0.5, 0.6) is 0 Å². The van der Waals surface area contributed by atoms with E-state index >= 15 is 0 Å². The Labute approximate surface area is 108 Å². The molecule has 1 atom stereocenters. The molecule has 0 radical (unpaired) electrons. The number of anilines is 1. The lowest BCUT2D eigenvalue weighted by Crippen LogP contribution is -2.53. The highest BCUT2D eigenvalue weighted by atomic mass is 32.2. The maximum atomic E-state index is 3.73. The third-order valence-corrected chi connectivity index (χ3v) is 4.80. The molecule has 3 aliphatic heterocycles. The van der Waals surface area contributed by atoms with Crippen LogP contribution in [0, 0.1) is 5.92 Å². The van der Waals surface area contributed by atoms with Crippen LogP contribution in [0.4, 0.5) is 5.69 Å². The fraction of sp³-hybridized carbons (Fsp3) is 0.571. The minimum absolute atomic E-state index is 0.662. The quantitative estimate of drug-likeness (QED) is 0.828. The predicted molar refractivity (Wildman–Crippen MR) is 74.8 cm³/mol. The maximum Gasteiger partial charge on any atom is 0.0417 e. The number of nitrogens with zero attached hydrogens (tertiary/aromatic N) is 1. The predicted octanol–water partition coefficient (Wildman–Crippen LogP) is 2.91. The average Bonchev–Trinajstić information content (AvgIpc) is 2.40. The Morgan fingerprint density at radius 2 is 2.12 bits per heavy atom. The molecular weight excluding hydrogens is 228 g/mol. The van der Waals surface area contributed by atoms with Crippen molar-refractivity contribution < 1.29 is 0 Å². The Kier molecular flexibility index (Phi) is 3.30. The Bertz CT molecular complexity index is 386. The van der Waals surface area contributed by atoms with Crippen LogP contribution in [0.25, 0.3) is 0 Å². The molecule has 0 aliphatic carbocycles. The molecule has 2 nitrogen and oxygen atoms in total. The lowest BCUT2D eigenvalue weighted by Gasteiger charge is -2.45. The summed E-state index contributed by atoms with van der Waals surface area (Å²) in [6, 6.07) is 9.44. The van der Waals surface area contributed by atoms with Gasteiger partial charge in [-0.15, -0.1) is 11.8 Å². The SMILES string of the molecule is CSc1cccc(N[C@H]2CN3CCC2CC3)c1. The minimum atomic E-state index is 0.662. The van der Waals surface area contributed by atoms with Crippen molar-refractivity contribution in [1.29, 1.82) is 0 Å². The number of rotatable bonds is 3. The fourth-order valence-electron chi connectivity index (χ4n) is 3.06. The van der Waals surface area contributed by atoms with Crippen LogP contribution in [-0.2, 0) is 0 Å². The van der Waals surface area contributed by atoms with Crippen LogP contribution >= 0.6 is 11.8 Å². The molecule has 3 heteroatoms. The number of fused-ring (bicyclic) bond motifs is 3. The Morgan fingerprint density at radius 1 is 1.29 bits per heavy atom. The van der Waals surface area contributed by atoms with Crippen LogP contribution in [-0.4, -0.2) is 36.8 Å². The van der Waals surface area contributed by atoms with Crippen LogP contribution in [0.15, 0.2) is 29.2 Å².